The first-order valence-electron chi connectivity index (χ1n) is 6.78. The van der Waals surface area contributed by atoms with Crippen LogP contribution in [0.5, 0.6) is 0 Å². The molecule has 0 aliphatic rings. The minimum Gasteiger partial charge on any atom is -0.318 e. The lowest BCUT2D eigenvalue weighted by atomic mass is 9.80. The van der Waals surface area contributed by atoms with Gasteiger partial charge in [-0.2, -0.15) is 0 Å². The van der Waals surface area contributed by atoms with Crippen molar-refractivity contribution in [3.05, 3.63) is 47.5 Å². The highest BCUT2D eigenvalue weighted by molar-refractivity contribution is 6.04. The van der Waals surface area contributed by atoms with E-state index in [1.807, 2.05) is 30.3 Å². The monoisotopic (exact) mass is 273 g/mol. The quantitative estimate of drug-likeness (QED) is 0.346. The van der Waals surface area contributed by atoms with Crippen molar-refractivity contribution in [2.45, 2.75) is 41.0 Å². The van der Waals surface area contributed by atoms with Gasteiger partial charge in [-0.25, -0.2) is 4.79 Å². The van der Waals surface area contributed by atoms with Crippen molar-refractivity contribution >= 4 is 11.7 Å². The molecule has 1 aromatic rings. The number of hydrogen-bond donors (Lipinski definition) is 0. The summed E-state index contributed by atoms with van der Waals surface area (Å²) < 4.78 is 0. The van der Waals surface area contributed by atoms with Crippen LogP contribution in [0.15, 0.2) is 47.1 Å². The summed E-state index contributed by atoms with van der Waals surface area (Å²) in [6, 6.07) is 9.82. The largest absolute Gasteiger partial charge is 0.331 e. The van der Waals surface area contributed by atoms with Crippen molar-refractivity contribution in [1.82, 2.24) is 0 Å². The average molecular weight is 273 g/mol. The summed E-state index contributed by atoms with van der Waals surface area (Å²) in [6.07, 6.45) is 3.01. The van der Waals surface area contributed by atoms with Crippen LogP contribution in [-0.2, 0) is 9.63 Å². The van der Waals surface area contributed by atoms with Crippen LogP contribution in [0.2, 0.25) is 0 Å². The molecule has 0 bridgehead atoms. The molecule has 0 aliphatic heterocycles. The van der Waals surface area contributed by atoms with E-state index in [1.54, 1.807) is 0 Å². The standard InChI is InChI=1S/C17H23NO2/c1-13(2)11-12-17(4,5)16(18-20-14(3)19)15-9-7-6-8-10-15/h6-11H,12H2,1-5H3/b18-16-. The Labute approximate surface area is 121 Å². The van der Waals surface area contributed by atoms with Crippen molar-refractivity contribution in [3.63, 3.8) is 0 Å². The molecule has 1 aromatic carbocycles. The predicted molar refractivity (Wildman–Crippen MR) is 82.6 cm³/mol. The fourth-order valence-electron chi connectivity index (χ4n) is 1.83. The molecule has 0 heterocycles. The number of carbonyl (C=O) groups is 1. The number of hydrogen-bond acceptors (Lipinski definition) is 3. The van der Waals surface area contributed by atoms with Gasteiger partial charge < -0.3 is 4.84 Å². The summed E-state index contributed by atoms with van der Waals surface area (Å²) >= 11 is 0. The Bertz CT molecular complexity index is 509. The van der Waals surface area contributed by atoms with Crippen molar-refractivity contribution in [3.8, 4) is 0 Å². The third-order valence-corrected chi connectivity index (χ3v) is 2.97. The molecule has 0 unspecified atom stereocenters. The maximum Gasteiger partial charge on any atom is 0.331 e. The van der Waals surface area contributed by atoms with Gasteiger partial charge in [0.1, 0.15) is 0 Å². The van der Waals surface area contributed by atoms with Crippen molar-refractivity contribution in [2.75, 3.05) is 0 Å². The highest BCUT2D eigenvalue weighted by Gasteiger charge is 2.26. The molecule has 3 nitrogen and oxygen atoms in total. The summed E-state index contributed by atoms with van der Waals surface area (Å²) in [6.45, 7) is 9.70. The van der Waals surface area contributed by atoms with Gasteiger partial charge in [0.25, 0.3) is 0 Å². The molecule has 0 saturated heterocycles. The van der Waals surface area contributed by atoms with E-state index in [4.69, 9.17) is 4.84 Å². The number of oxime groups is 1. The van der Waals surface area contributed by atoms with E-state index in [9.17, 15) is 4.79 Å². The molecule has 0 N–H and O–H groups in total. The first kappa shape index (κ1) is 16.2. The maximum atomic E-state index is 11.0. The normalized spacial score (nSPS) is 11.9. The lowest BCUT2D eigenvalue weighted by Crippen LogP contribution is -2.25. The van der Waals surface area contributed by atoms with E-state index in [2.05, 4.69) is 38.9 Å². The van der Waals surface area contributed by atoms with Gasteiger partial charge in [-0.15, -0.1) is 0 Å². The Kier molecular flexibility index (Phi) is 5.68. The number of carbonyl (C=O) groups excluding carboxylic acids is 1. The first-order chi connectivity index (χ1) is 9.33. The number of benzene rings is 1. The van der Waals surface area contributed by atoms with Crippen molar-refractivity contribution < 1.29 is 9.63 Å². The fourth-order valence-corrected chi connectivity index (χ4v) is 1.83. The minimum absolute atomic E-state index is 0.214. The molecule has 0 radical (unpaired) electrons. The van der Waals surface area contributed by atoms with Crippen LogP contribution >= 0.6 is 0 Å². The molecule has 3 heteroatoms. The fraction of sp³-hybridized carbons (Fsp3) is 0.412. The number of nitrogens with zero attached hydrogens (tertiary/aromatic N) is 1. The molecule has 0 atom stereocenters. The van der Waals surface area contributed by atoms with Gasteiger partial charge in [0.15, 0.2) is 0 Å². The van der Waals surface area contributed by atoms with Gasteiger partial charge >= 0.3 is 5.97 Å². The lowest BCUT2D eigenvalue weighted by Gasteiger charge is -2.25. The van der Waals surface area contributed by atoms with Gasteiger partial charge in [-0.05, 0) is 25.8 Å². The topological polar surface area (TPSA) is 38.7 Å². The second kappa shape index (κ2) is 7.04. The van der Waals surface area contributed by atoms with E-state index in [0.29, 0.717) is 0 Å². The molecule has 20 heavy (non-hydrogen) atoms. The van der Waals surface area contributed by atoms with Gasteiger partial charge in [0, 0.05) is 12.3 Å². The molecular weight excluding hydrogens is 250 g/mol. The maximum absolute atomic E-state index is 11.0. The smallest absolute Gasteiger partial charge is 0.318 e. The molecule has 0 spiro atoms. The van der Waals surface area contributed by atoms with E-state index < -0.39 is 5.97 Å². The Balaban J connectivity index is 3.14. The van der Waals surface area contributed by atoms with Gasteiger partial charge in [0.05, 0.1) is 5.71 Å². The van der Waals surface area contributed by atoms with Crippen molar-refractivity contribution in [2.24, 2.45) is 10.6 Å². The molecular formula is C17H23NO2. The molecule has 0 aliphatic carbocycles. The van der Waals surface area contributed by atoms with Gasteiger partial charge in [-0.3, -0.25) is 0 Å². The minimum atomic E-state index is -0.406. The summed E-state index contributed by atoms with van der Waals surface area (Å²) in [5, 5.41) is 4.08. The Morgan fingerprint density at radius 1 is 1.20 bits per heavy atom. The zero-order valence-electron chi connectivity index (χ0n) is 12.9. The highest BCUT2D eigenvalue weighted by atomic mass is 16.7. The van der Waals surface area contributed by atoms with E-state index >= 15 is 0 Å². The number of rotatable bonds is 5. The second-order valence-corrected chi connectivity index (χ2v) is 5.76. The molecule has 0 aromatic heterocycles. The van der Waals surface area contributed by atoms with Crippen molar-refractivity contribution in [1.29, 1.82) is 0 Å². The lowest BCUT2D eigenvalue weighted by molar-refractivity contribution is -0.141. The second-order valence-electron chi connectivity index (χ2n) is 5.76. The third kappa shape index (κ3) is 5.00. The molecule has 1 rings (SSSR count). The summed E-state index contributed by atoms with van der Waals surface area (Å²) in [5.41, 5.74) is 2.80. The summed E-state index contributed by atoms with van der Waals surface area (Å²) in [7, 11) is 0. The Hall–Kier alpha value is -1.90. The molecule has 0 saturated carbocycles. The SMILES string of the molecule is CC(=O)O/N=C(/c1ccccc1)C(C)(C)CC=C(C)C. The molecule has 0 amide bonds. The Morgan fingerprint density at radius 3 is 2.30 bits per heavy atom. The molecule has 0 fully saturated rings. The van der Waals surface area contributed by atoms with Gasteiger partial charge in [0.2, 0.25) is 0 Å². The van der Waals surface area contributed by atoms with E-state index in [0.717, 1.165) is 17.7 Å². The van der Waals surface area contributed by atoms with Crippen LogP contribution in [0.25, 0.3) is 0 Å². The predicted octanol–water partition coefficient (Wildman–Crippen LogP) is 4.34. The zero-order valence-corrected chi connectivity index (χ0v) is 12.9. The van der Waals surface area contributed by atoms with Crippen LogP contribution in [0, 0.1) is 5.41 Å². The first-order valence-corrected chi connectivity index (χ1v) is 6.78. The van der Waals surface area contributed by atoms with E-state index in [1.165, 1.54) is 12.5 Å². The van der Waals surface area contributed by atoms with Gasteiger partial charge in [-0.1, -0.05) is 61.0 Å². The van der Waals surface area contributed by atoms with E-state index in [-0.39, 0.29) is 5.41 Å². The van der Waals surface area contributed by atoms with Crippen LogP contribution in [-0.4, -0.2) is 11.7 Å². The van der Waals surface area contributed by atoms with Crippen LogP contribution in [0.3, 0.4) is 0 Å². The summed E-state index contributed by atoms with van der Waals surface area (Å²) in [4.78, 5) is 15.9. The summed E-state index contributed by atoms with van der Waals surface area (Å²) in [5.74, 6) is -0.406. The van der Waals surface area contributed by atoms with Crippen LogP contribution in [0.4, 0.5) is 0 Å². The molecule has 108 valence electrons. The zero-order chi connectivity index (χ0) is 15.2. The number of allylic oxidation sites excluding steroid dienone is 2. The Morgan fingerprint density at radius 2 is 1.80 bits per heavy atom. The third-order valence-electron chi connectivity index (χ3n) is 2.97. The van der Waals surface area contributed by atoms with Crippen LogP contribution in [0.1, 0.15) is 46.6 Å². The average Bonchev–Trinajstić information content (AvgIpc) is 2.37. The van der Waals surface area contributed by atoms with Crippen LogP contribution < -0.4 is 0 Å². The highest BCUT2D eigenvalue weighted by Crippen LogP contribution is 2.28.